The molecule has 190 valence electrons. The van der Waals surface area contributed by atoms with Gasteiger partial charge >= 0.3 is 0 Å². The maximum atomic E-state index is 13.7. The number of nitrogens with one attached hydrogen (secondary N) is 1. The molecule has 0 bridgehead atoms. The van der Waals surface area contributed by atoms with Crippen LogP contribution in [0.1, 0.15) is 57.4 Å². The Morgan fingerprint density at radius 2 is 1.72 bits per heavy atom. The number of carbonyl (C=O) groups excluding carboxylic acids is 1. The molecule has 0 spiro atoms. The second kappa shape index (κ2) is 9.97. The van der Waals surface area contributed by atoms with Gasteiger partial charge in [0, 0.05) is 0 Å². The van der Waals surface area contributed by atoms with Crippen LogP contribution in [0.25, 0.3) is 0 Å². The summed E-state index contributed by atoms with van der Waals surface area (Å²) in [5.41, 5.74) is 3.43. The Bertz CT molecular complexity index is 1330. The summed E-state index contributed by atoms with van der Waals surface area (Å²) in [6, 6.07) is 21.7. The van der Waals surface area contributed by atoms with Crippen molar-refractivity contribution < 1.29 is 17.9 Å². The normalized spacial score (nSPS) is 16.6. The standard InChI is InChI=1S/C29H34N2O4S/c1-6-21-12-14-22(15-13-21)20(2)30-28(32)27-19-31(36(33,34)24-10-8-7-9-11-24)25-18-23(29(3,4)5)16-17-26(25)35-27/h7-18,20,27H,6,19H2,1-5H3,(H,30,32)/t20-,27+/m1/s1. The molecular formula is C29H34N2O4S. The first kappa shape index (κ1) is 25.8. The number of ether oxygens (including phenoxy) is 1. The van der Waals surface area contributed by atoms with Gasteiger partial charge in [-0.3, -0.25) is 9.10 Å². The maximum absolute atomic E-state index is 13.7. The summed E-state index contributed by atoms with van der Waals surface area (Å²) in [5, 5.41) is 3.00. The summed E-state index contributed by atoms with van der Waals surface area (Å²) in [5.74, 6) is 0.00901. The minimum atomic E-state index is -3.92. The van der Waals surface area contributed by atoms with Crippen LogP contribution in [-0.2, 0) is 26.7 Å². The average molecular weight is 507 g/mol. The van der Waals surface area contributed by atoms with Gasteiger partial charge in [-0.2, -0.15) is 0 Å². The third-order valence-corrected chi connectivity index (χ3v) is 8.36. The van der Waals surface area contributed by atoms with Crippen LogP contribution in [0.5, 0.6) is 5.75 Å². The van der Waals surface area contributed by atoms with Gasteiger partial charge in [0.2, 0.25) is 0 Å². The number of anilines is 1. The van der Waals surface area contributed by atoms with E-state index in [1.54, 1.807) is 36.4 Å². The minimum absolute atomic E-state index is 0.120. The van der Waals surface area contributed by atoms with Crippen LogP contribution in [0, 0.1) is 0 Å². The Labute approximate surface area is 214 Å². The molecule has 36 heavy (non-hydrogen) atoms. The lowest BCUT2D eigenvalue weighted by molar-refractivity contribution is -0.128. The molecule has 7 heteroatoms. The molecule has 0 unspecified atom stereocenters. The highest BCUT2D eigenvalue weighted by Gasteiger charge is 2.38. The van der Waals surface area contributed by atoms with E-state index < -0.39 is 16.1 Å². The van der Waals surface area contributed by atoms with E-state index in [4.69, 9.17) is 4.74 Å². The second-order valence-corrected chi connectivity index (χ2v) is 12.1. The Hall–Kier alpha value is -3.32. The monoisotopic (exact) mass is 506 g/mol. The largest absolute Gasteiger partial charge is 0.476 e. The fraction of sp³-hybridized carbons (Fsp3) is 0.345. The summed E-state index contributed by atoms with van der Waals surface area (Å²) >= 11 is 0. The van der Waals surface area contributed by atoms with Crippen molar-refractivity contribution in [2.45, 2.75) is 63.5 Å². The zero-order chi connectivity index (χ0) is 26.1. The third kappa shape index (κ3) is 5.26. The number of hydrogen-bond acceptors (Lipinski definition) is 4. The van der Waals surface area contributed by atoms with E-state index in [1.807, 2.05) is 43.3 Å². The number of aryl methyl sites for hydroxylation is 1. The number of benzene rings is 3. The van der Waals surface area contributed by atoms with Crippen molar-refractivity contribution in [3.63, 3.8) is 0 Å². The first-order valence-corrected chi connectivity index (χ1v) is 13.7. The van der Waals surface area contributed by atoms with Gasteiger partial charge in [0.1, 0.15) is 5.75 Å². The zero-order valence-corrected chi connectivity index (χ0v) is 22.3. The van der Waals surface area contributed by atoms with E-state index in [1.165, 1.54) is 9.87 Å². The van der Waals surface area contributed by atoms with E-state index in [9.17, 15) is 13.2 Å². The first-order valence-electron chi connectivity index (χ1n) is 12.3. The van der Waals surface area contributed by atoms with Crippen LogP contribution < -0.4 is 14.4 Å². The molecule has 1 heterocycles. The Morgan fingerprint density at radius 1 is 1.06 bits per heavy atom. The molecule has 2 atom stereocenters. The maximum Gasteiger partial charge on any atom is 0.264 e. The molecule has 1 N–H and O–H groups in total. The van der Waals surface area contributed by atoms with Crippen LogP contribution in [0.2, 0.25) is 0 Å². The average Bonchev–Trinajstić information content (AvgIpc) is 2.87. The SMILES string of the molecule is CCc1ccc([C@@H](C)NC(=O)[C@@H]2CN(S(=O)(=O)c3ccccc3)c3cc(C(C)(C)C)ccc3O2)cc1. The van der Waals surface area contributed by atoms with Crippen molar-refractivity contribution in [2.24, 2.45) is 0 Å². The summed E-state index contributed by atoms with van der Waals surface area (Å²) in [6.45, 7) is 10.1. The topological polar surface area (TPSA) is 75.7 Å². The van der Waals surface area contributed by atoms with Crippen molar-refractivity contribution >= 4 is 21.6 Å². The number of hydrogen-bond donors (Lipinski definition) is 1. The number of nitrogens with zero attached hydrogens (tertiary/aromatic N) is 1. The Kier molecular flexibility index (Phi) is 7.14. The summed E-state index contributed by atoms with van der Waals surface area (Å²) in [7, 11) is -3.92. The molecule has 1 aliphatic heterocycles. The number of amides is 1. The predicted molar refractivity (Wildman–Crippen MR) is 143 cm³/mol. The van der Waals surface area contributed by atoms with Crippen LogP contribution in [0.4, 0.5) is 5.69 Å². The van der Waals surface area contributed by atoms with Gasteiger partial charge in [-0.25, -0.2) is 8.42 Å². The molecule has 0 saturated heterocycles. The van der Waals surface area contributed by atoms with Crippen molar-refractivity contribution in [2.75, 3.05) is 10.8 Å². The van der Waals surface area contributed by atoms with Crippen molar-refractivity contribution in [3.8, 4) is 5.75 Å². The summed E-state index contributed by atoms with van der Waals surface area (Å²) in [4.78, 5) is 13.5. The fourth-order valence-electron chi connectivity index (χ4n) is 4.23. The van der Waals surface area contributed by atoms with Crippen LogP contribution in [0.15, 0.2) is 77.7 Å². The third-order valence-electron chi connectivity index (χ3n) is 6.56. The second-order valence-electron chi connectivity index (χ2n) is 10.2. The molecule has 3 aromatic carbocycles. The van der Waals surface area contributed by atoms with Crippen LogP contribution in [-0.4, -0.2) is 27.0 Å². The summed E-state index contributed by atoms with van der Waals surface area (Å²) < 4.78 is 34.8. The fourth-order valence-corrected chi connectivity index (χ4v) is 5.72. The molecule has 1 amide bonds. The van der Waals surface area contributed by atoms with Gasteiger partial charge in [-0.05, 0) is 59.7 Å². The molecule has 1 aliphatic rings. The number of carbonyl (C=O) groups is 1. The van der Waals surface area contributed by atoms with Crippen molar-refractivity contribution in [3.05, 3.63) is 89.5 Å². The van der Waals surface area contributed by atoms with Crippen LogP contribution >= 0.6 is 0 Å². The van der Waals surface area contributed by atoms with Crippen molar-refractivity contribution in [1.29, 1.82) is 0 Å². The molecule has 0 aromatic heterocycles. The molecular weight excluding hydrogens is 472 g/mol. The zero-order valence-electron chi connectivity index (χ0n) is 21.5. The van der Waals surface area contributed by atoms with Gasteiger partial charge in [0.25, 0.3) is 15.9 Å². The van der Waals surface area contributed by atoms with Gasteiger partial charge in [-0.15, -0.1) is 0 Å². The lowest BCUT2D eigenvalue weighted by atomic mass is 9.86. The number of fused-ring (bicyclic) bond motifs is 1. The molecule has 0 fully saturated rings. The van der Waals surface area contributed by atoms with Gasteiger partial charge < -0.3 is 10.1 Å². The van der Waals surface area contributed by atoms with Crippen molar-refractivity contribution in [1.82, 2.24) is 5.32 Å². The minimum Gasteiger partial charge on any atom is -0.476 e. The first-order chi connectivity index (χ1) is 17.0. The van der Waals surface area contributed by atoms with E-state index in [2.05, 4.69) is 33.0 Å². The lowest BCUT2D eigenvalue weighted by Crippen LogP contribution is -2.51. The lowest BCUT2D eigenvalue weighted by Gasteiger charge is -2.36. The highest BCUT2D eigenvalue weighted by Crippen LogP contribution is 2.40. The van der Waals surface area contributed by atoms with Gasteiger partial charge in [0.05, 0.1) is 23.2 Å². The van der Waals surface area contributed by atoms with E-state index in [-0.39, 0.29) is 28.8 Å². The molecule has 4 rings (SSSR count). The molecule has 0 radical (unpaired) electrons. The number of rotatable bonds is 6. The van der Waals surface area contributed by atoms with E-state index >= 15 is 0 Å². The number of sulfonamides is 1. The highest BCUT2D eigenvalue weighted by atomic mass is 32.2. The molecule has 3 aromatic rings. The molecule has 0 saturated carbocycles. The summed E-state index contributed by atoms with van der Waals surface area (Å²) in [6.07, 6.45) is -0.0484. The van der Waals surface area contributed by atoms with Gasteiger partial charge in [0.15, 0.2) is 6.10 Å². The smallest absolute Gasteiger partial charge is 0.264 e. The van der Waals surface area contributed by atoms with Crippen LogP contribution in [0.3, 0.4) is 0 Å². The molecule has 0 aliphatic carbocycles. The van der Waals surface area contributed by atoms with E-state index in [0.29, 0.717) is 11.4 Å². The van der Waals surface area contributed by atoms with Gasteiger partial charge in [-0.1, -0.05) is 76.2 Å². The Balaban J connectivity index is 1.66. The predicted octanol–water partition coefficient (Wildman–Crippen LogP) is 5.38. The Morgan fingerprint density at radius 3 is 2.33 bits per heavy atom. The highest BCUT2D eigenvalue weighted by molar-refractivity contribution is 7.92. The quantitative estimate of drug-likeness (QED) is 0.487. The van der Waals surface area contributed by atoms with E-state index in [0.717, 1.165) is 17.5 Å². The molecule has 6 nitrogen and oxygen atoms in total.